The van der Waals surface area contributed by atoms with Crippen molar-refractivity contribution in [3.05, 3.63) is 17.2 Å². The summed E-state index contributed by atoms with van der Waals surface area (Å²) in [4.78, 5) is 16.4. The van der Waals surface area contributed by atoms with Crippen LogP contribution in [-0.2, 0) is 24.2 Å². The van der Waals surface area contributed by atoms with Crippen LogP contribution in [0.3, 0.4) is 0 Å². The minimum absolute atomic E-state index is 0.109. The average molecular weight is 249 g/mol. The maximum absolute atomic E-state index is 11.9. The number of aryl methyl sites for hydroxylation is 2. The number of imidazole rings is 1. The number of nitrogens with zero attached hydrogens (tertiary/aromatic N) is 2. The second kappa shape index (κ2) is 6.03. The van der Waals surface area contributed by atoms with Gasteiger partial charge in [-0.1, -0.05) is 13.3 Å². The summed E-state index contributed by atoms with van der Waals surface area (Å²) in [6.45, 7) is 5.34. The highest BCUT2D eigenvalue weighted by atomic mass is 16.1. The lowest BCUT2D eigenvalue weighted by Crippen LogP contribution is -2.29. The van der Waals surface area contributed by atoms with E-state index >= 15 is 0 Å². The molecule has 0 saturated heterocycles. The van der Waals surface area contributed by atoms with Gasteiger partial charge in [0.25, 0.3) is 0 Å². The first kappa shape index (κ1) is 13.1. The van der Waals surface area contributed by atoms with Crippen molar-refractivity contribution < 1.29 is 4.79 Å². The van der Waals surface area contributed by atoms with E-state index in [9.17, 15) is 4.79 Å². The fourth-order valence-electron chi connectivity index (χ4n) is 2.55. The van der Waals surface area contributed by atoms with Gasteiger partial charge >= 0.3 is 0 Å². The Morgan fingerprint density at radius 2 is 2.17 bits per heavy atom. The molecule has 0 aliphatic heterocycles. The van der Waals surface area contributed by atoms with Gasteiger partial charge in [-0.3, -0.25) is 4.79 Å². The molecule has 100 valence electrons. The molecule has 0 aromatic carbocycles. The number of carbonyl (C=O) groups excluding carboxylic acids is 1. The first-order chi connectivity index (χ1) is 8.72. The summed E-state index contributed by atoms with van der Waals surface area (Å²) in [5.74, 6) is 1.09. The van der Waals surface area contributed by atoms with Crippen molar-refractivity contribution in [1.82, 2.24) is 14.9 Å². The summed E-state index contributed by atoms with van der Waals surface area (Å²) in [6, 6.07) is 0. The monoisotopic (exact) mass is 249 g/mol. The average Bonchev–Trinajstić information content (AvgIpc) is 2.67. The van der Waals surface area contributed by atoms with E-state index in [4.69, 9.17) is 0 Å². The van der Waals surface area contributed by atoms with Crippen molar-refractivity contribution in [2.24, 2.45) is 0 Å². The molecule has 0 spiro atoms. The Balaban J connectivity index is 2.00. The predicted octanol–water partition coefficient (Wildman–Crippen LogP) is 1.99. The van der Waals surface area contributed by atoms with Crippen molar-refractivity contribution >= 4 is 5.91 Å². The molecule has 18 heavy (non-hydrogen) atoms. The molecule has 4 nitrogen and oxygen atoms in total. The molecular weight excluding hydrogens is 226 g/mol. The highest BCUT2D eigenvalue weighted by Gasteiger charge is 2.19. The van der Waals surface area contributed by atoms with Crippen LogP contribution in [0.2, 0.25) is 0 Å². The molecule has 0 unspecified atom stereocenters. The lowest BCUT2D eigenvalue weighted by Gasteiger charge is -2.14. The van der Waals surface area contributed by atoms with E-state index in [1.54, 1.807) is 0 Å². The zero-order valence-corrected chi connectivity index (χ0v) is 11.5. The third-order valence-electron chi connectivity index (χ3n) is 3.58. The van der Waals surface area contributed by atoms with Gasteiger partial charge in [0.1, 0.15) is 12.4 Å². The van der Waals surface area contributed by atoms with E-state index in [0.29, 0.717) is 6.54 Å². The fraction of sp³-hybridized carbons (Fsp3) is 0.714. The molecular formula is C14H23N3O. The molecule has 1 aliphatic carbocycles. The van der Waals surface area contributed by atoms with Crippen LogP contribution in [0.15, 0.2) is 0 Å². The topological polar surface area (TPSA) is 46.9 Å². The van der Waals surface area contributed by atoms with Crippen molar-refractivity contribution in [3.8, 4) is 0 Å². The maximum atomic E-state index is 11.9. The number of unbranched alkanes of at least 4 members (excludes halogenated alkanes) is 1. The zero-order valence-electron chi connectivity index (χ0n) is 11.5. The third kappa shape index (κ3) is 2.92. The Morgan fingerprint density at radius 1 is 1.39 bits per heavy atom. The molecule has 1 heterocycles. The Hall–Kier alpha value is -1.32. The van der Waals surface area contributed by atoms with Crippen molar-refractivity contribution in [2.75, 3.05) is 6.54 Å². The van der Waals surface area contributed by atoms with Crippen molar-refractivity contribution in [2.45, 2.75) is 58.9 Å². The number of nitrogens with one attached hydrogen (secondary N) is 1. The summed E-state index contributed by atoms with van der Waals surface area (Å²) >= 11 is 0. The first-order valence-electron chi connectivity index (χ1n) is 7.04. The number of carbonyl (C=O) groups is 1. The molecule has 4 heteroatoms. The van der Waals surface area contributed by atoms with Gasteiger partial charge < -0.3 is 9.88 Å². The second-order valence-corrected chi connectivity index (χ2v) is 5.05. The number of hydrogen-bond acceptors (Lipinski definition) is 2. The zero-order chi connectivity index (χ0) is 13.0. The van der Waals surface area contributed by atoms with E-state index in [1.165, 1.54) is 24.2 Å². The van der Waals surface area contributed by atoms with Crippen LogP contribution in [0.5, 0.6) is 0 Å². The number of aromatic nitrogens is 2. The van der Waals surface area contributed by atoms with E-state index < -0.39 is 0 Å². The first-order valence-corrected chi connectivity index (χ1v) is 7.04. The highest BCUT2D eigenvalue weighted by Crippen LogP contribution is 2.21. The molecule has 0 fully saturated rings. The number of rotatable bonds is 5. The summed E-state index contributed by atoms with van der Waals surface area (Å²) in [5, 5.41) is 2.97. The number of fused-ring (bicyclic) bond motifs is 1. The Labute approximate surface area is 109 Å². The summed E-state index contributed by atoms with van der Waals surface area (Å²) in [7, 11) is 0. The Kier molecular flexibility index (Phi) is 4.39. The summed E-state index contributed by atoms with van der Waals surface area (Å²) < 4.78 is 2.09. The number of hydrogen-bond donors (Lipinski definition) is 1. The van der Waals surface area contributed by atoms with E-state index in [-0.39, 0.29) is 5.91 Å². The lowest BCUT2D eigenvalue weighted by atomic mass is 10.0. The second-order valence-electron chi connectivity index (χ2n) is 5.05. The van der Waals surface area contributed by atoms with Crippen LogP contribution < -0.4 is 5.32 Å². The van der Waals surface area contributed by atoms with Gasteiger partial charge in [-0.05, 0) is 39.0 Å². The van der Waals surface area contributed by atoms with E-state index in [2.05, 4.69) is 21.8 Å². The normalized spacial score (nSPS) is 14.3. The fourth-order valence-corrected chi connectivity index (χ4v) is 2.55. The smallest absolute Gasteiger partial charge is 0.239 e. The van der Waals surface area contributed by atoms with Crippen molar-refractivity contribution in [1.29, 1.82) is 0 Å². The minimum Gasteiger partial charge on any atom is -0.355 e. The molecule has 0 saturated carbocycles. The van der Waals surface area contributed by atoms with Gasteiger partial charge in [-0.15, -0.1) is 0 Å². The van der Waals surface area contributed by atoms with Gasteiger partial charge in [0, 0.05) is 12.2 Å². The predicted molar refractivity (Wildman–Crippen MR) is 71.5 cm³/mol. The number of amides is 1. The van der Waals surface area contributed by atoms with Crippen molar-refractivity contribution in [3.63, 3.8) is 0 Å². The van der Waals surface area contributed by atoms with E-state index in [1.807, 2.05) is 6.92 Å². The molecule has 1 aromatic heterocycles. The lowest BCUT2D eigenvalue weighted by molar-refractivity contribution is -0.121. The molecule has 0 atom stereocenters. The van der Waals surface area contributed by atoms with Gasteiger partial charge in [0.05, 0.1) is 5.69 Å². The largest absolute Gasteiger partial charge is 0.355 e. The Bertz CT molecular complexity index is 423. The van der Waals surface area contributed by atoms with Gasteiger partial charge in [0.2, 0.25) is 5.91 Å². The maximum Gasteiger partial charge on any atom is 0.239 e. The van der Waals surface area contributed by atoms with Crippen LogP contribution in [0, 0.1) is 6.92 Å². The summed E-state index contributed by atoms with van der Waals surface area (Å²) in [6.07, 6.45) is 6.74. The molecule has 1 aliphatic rings. The van der Waals surface area contributed by atoms with Crippen LogP contribution in [0.25, 0.3) is 0 Å². The molecule has 0 radical (unpaired) electrons. The summed E-state index contributed by atoms with van der Waals surface area (Å²) in [5.41, 5.74) is 2.49. The van der Waals surface area contributed by atoms with E-state index in [0.717, 1.165) is 38.1 Å². The van der Waals surface area contributed by atoms with Gasteiger partial charge in [-0.2, -0.15) is 0 Å². The quantitative estimate of drug-likeness (QED) is 0.811. The molecule has 0 bridgehead atoms. The minimum atomic E-state index is 0.109. The van der Waals surface area contributed by atoms with Gasteiger partial charge in [-0.25, -0.2) is 4.98 Å². The van der Waals surface area contributed by atoms with Crippen LogP contribution >= 0.6 is 0 Å². The third-order valence-corrected chi connectivity index (χ3v) is 3.58. The van der Waals surface area contributed by atoms with Crippen LogP contribution in [0.4, 0.5) is 0 Å². The van der Waals surface area contributed by atoms with Crippen LogP contribution in [-0.4, -0.2) is 22.0 Å². The van der Waals surface area contributed by atoms with Gasteiger partial charge in [0.15, 0.2) is 0 Å². The van der Waals surface area contributed by atoms with Crippen LogP contribution in [0.1, 0.15) is 49.8 Å². The Morgan fingerprint density at radius 3 is 2.94 bits per heavy atom. The highest BCUT2D eigenvalue weighted by molar-refractivity contribution is 5.75. The SMILES string of the molecule is CCCCNC(=O)Cn1c(C)nc2c1CCCC2. The molecule has 2 rings (SSSR count). The molecule has 1 aromatic rings. The molecule has 1 N–H and O–H groups in total. The molecule has 1 amide bonds. The standard InChI is InChI=1S/C14H23N3O/c1-3-4-9-15-14(18)10-17-11(2)16-12-7-5-6-8-13(12)17/h3-10H2,1-2H3,(H,15,18).